The summed E-state index contributed by atoms with van der Waals surface area (Å²) in [5.74, 6) is 0. The van der Waals surface area contributed by atoms with Gasteiger partial charge in [0.15, 0.2) is 0 Å². The number of benzene rings is 1. The summed E-state index contributed by atoms with van der Waals surface area (Å²) in [6, 6.07) is 10.1. The molecule has 10 fully saturated rings. The summed E-state index contributed by atoms with van der Waals surface area (Å²) in [6.45, 7) is 12.7. The third kappa shape index (κ3) is 0.335. The molecule has 0 aromatic heterocycles. The van der Waals surface area contributed by atoms with Gasteiger partial charge in [-0.05, 0) is 0 Å². The van der Waals surface area contributed by atoms with Gasteiger partial charge in [-0.3, -0.25) is 0 Å². The van der Waals surface area contributed by atoms with Crippen LogP contribution in [-0.4, -0.2) is 14.4 Å². The van der Waals surface area contributed by atoms with E-state index in [2.05, 4.69) is 72.7 Å². The van der Waals surface area contributed by atoms with Crippen LogP contribution in [0.5, 0.6) is 0 Å². The molecule has 10 heterocycles. The fourth-order valence-electron chi connectivity index (χ4n) is 21.6. The maximum atomic E-state index is 15.9. The maximum absolute atomic E-state index is 15.9. The van der Waals surface area contributed by atoms with E-state index in [1.165, 1.54) is 49.8 Å². The third-order valence-corrected chi connectivity index (χ3v) is 72.0. The molecule has 10 aliphatic rings. The van der Waals surface area contributed by atoms with Crippen molar-refractivity contribution in [3.8, 4) is 0 Å². The fourth-order valence-corrected chi connectivity index (χ4v) is 118. The molecule has 0 N–H and O–H groups in total. The molecule has 1 aromatic carbocycles. The van der Waals surface area contributed by atoms with E-state index in [9.17, 15) is 0 Å². The fraction of sp³-hybridized carbons (Fsp3) is 0.793. The second-order valence-corrected chi connectivity index (χ2v) is 46.1. The first kappa shape index (κ1) is 17.4. The molecular formula is C29H41FeOP. The van der Waals surface area contributed by atoms with E-state index in [4.69, 9.17) is 0 Å². The molecule has 32 heavy (non-hydrogen) atoms. The first-order valence-corrected chi connectivity index (χ1v) is 21.5. The third-order valence-electron chi connectivity index (χ3n) is 19.5. The van der Waals surface area contributed by atoms with Gasteiger partial charge in [0.25, 0.3) is 0 Å². The molecule has 0 amide bonds. The van der Waals surface area contributed by atoms with Crippen LogP contribution in [0.25, 0.3) is 0 Å². The van der Waals surface area contributed by atoms with Crippen LogP contribution < -0.4 is 0 Å². The monoisotopic (exact) mass is 492 g/mol. The van der Waals surface area contributed by atoms with Crippen LogP contribution in [0, 0.1) is 0 Å². The van der Waals surface area contributed by atoms with Crippen molar-refractivity contribution in [2.75, 3.05) is 0 Å². The van der Waals surface area contributed by atoms with Gasteiger partial charge in [0.2, 0.25) is 0 Å². The predicted octanol–water partition coefficient (Wildman–Crippen LogP) is 9.08. The van der Waals surface area contributed by atoms with E-state index in [-0.39, 0.29) is 10.3 Å². The van der Waals surface area contributed by atoms with Gasteiger partial charge in [-0.25, -0.2) is 0 Å². The van der Waals surface area contributed by atoms with Gasteiger partial charge in [0.05, 0.1) is 0 Å². The Labute approximate surface area is 184 Å². The topological polar surface area (TPSA) is 17.1 Å². The molecule has 5 atom stereocenters. The van der Waals surface area contributed by atoms with Gasteiger partial charge >= 0.3 is 185 Å². The second kappa shape index (κ2) is 2.18. The Hall–Kier alpha value is -0.0305. The number of aryl methyl sites for hydroxylation is 1. The Morgan fingerprint density at radius 3 is 1.97 bits per heavy atom. The van der Waals surface area contributed by atoms with E-state index in [0.29, 0.717) is 8.37 Å². The molecule has 1 spiro atoms. The van der Waals surface area contributed by atoms with Crippen molar-refractivity contribution in [2.24, 2.45) is 0 Å². The molecule has 0 radical (unpaired) electrons. The predicted molar refractivity (Wildman–Crippen MR) is 131 cm³/mol. The van der Waals surface area contributed by atoms with E-state index >= 15 is 4.57 Å². The summed E-state index contributed by atoms with van der Waals surface area (Å²) in [5.41, 5.74) is 3.42. The van der Waals surface area contributed by atoms with Crippen LogP contribution in [-0.2, 0) is 21.8 Å². The van der Waals surface area contributed by atoms with Gasteiger partial charge < -0.3 is 0 Å². The number of hydrogen-bond acceptors (Lipinski definition) is 1. The first-order valence-electron chi connectivity index (χ1n) is 13.6. The van der Waals surface area contributed by atoms with Crippen LogP contribution >= 0.6 is 7.14 Å². The summed E-state index contributed by atoms with van der Waals surface area (Å²) >= 11 is 0. The number of unbranched alkanes of at least 4 members (excludes halogenated alkanes) is 2. The SMILES string of the molecule is CCCCCc1cccc([C]23[CH]4[CH]5[C]6(P(=O)(C(C)(C)C)C(C)(C)C)[CH]2[Fe]45362789[CH]3[CH]2[CH]7[CH]8[CH]39)c1. The van der Waals surface area contributed by atoms with Gasteiger partial charge in [-0.2, -0.15) is 0 Å². The Bertz CT molecular complexity index is 1630. The molecule has 0 bridgehead atoms. The zero-order valence-electron chi connectivity index (χ0n) is 21.0. The van der Waals surface area contributed by atoms with E-state index in [1.807, 2.05) is 5.56 Å². The standard InChI is InChI=1S/C24H36OP.C5H5.Fe/c1-8-9-10-12-19-13-11-14-20(17-19)21-15-16-22(18-21)26(25,23(2,3)4)24(5,6)7;1-2-4-5-3-1;/h11,13-18H,8-10,12H2,1-7H3;1-5H;. The van der Waals surface area contributed by atoms with Gasteiger partial charge in [0, 0.05) is 0 Å². The quantitative estimate of drug-likeness (QED) is 0.220. The Morgan fingerprint density at radius 2 is 1.50 bits per heavy atom. The van der Waals surface area contributed by atoms with Crippen molar-refractivity contribution in [1.29, 1.82) is 0 Å². The van der Waals surface area contributed by atoms with Crippen molar-refractivity contribution in [1.82, 2.24) is 0 Å². The molecule has 0 aliphatic carbocycles. The molecule has 1 aromatic rings. The summed E-state index contributed by atoms with van der Waals surface area (Å²) < 4.78 is 16.9. The summed E-state index contributed by atoms with van der Waals surface area (Å²) in [4.78, 5) is 9.07. The average molecular weight is 492 g/mol. The molecule has 3 heteroatoms. The van der Waals surface area contributed by atoms with E-state index in [0.717, 1.165) is 14.4 Å². The number of rotatable bonds is 6. The van der Waals surface area contributed by atoms with Crippen LogP contribution in [0.1, 0.15) is 78.9 Å². The molecular weight excluding hydrogens is 451 g/mol. The molecule has 1 nitrogen and oxygen atoms in total. The summed E-state index contributed by atoms with van der Waals surface area (Å²) in [7, 11) is -2.36. The average Bonchev–Trinajstić information content (AvgIpc) is 3.65. The van der Waals surface area contributed by atoms with Crippen LogP contribution in [0.2, 0.25) is 38.5 Å². The van der Waals surface area contributed by atoms with Crippen LogP contribution in [0.15, 0.2) is 24.3 Å². The first-order chi connectivity index (χ1) is 14.7. The minimum absolute atomic E-state index is 0.0354. The van der Waals surface area contributed by atoms with Crippen LogP contribution in [0.3, 0.4) is 0 Å². The summed E-state index contributed by atoms with van der Waals surface area (Å²) in [6.07, 6.45) is 5.26. The number of fused-ring (bicyclic) bond motifs is 10. The molecule has 11 rings (SSSR count). The van der Waals surface area contributed by atoms with Crippen molar-refractivity contribution in [3.05, 3.63) is 35.4 Å². The Morgan fingerprint density at radius 1 is 0.906 bits per heavy atom. The normalized spacial score (nSPS) is 72.8. The van der Waals surface area contributed by atoms with Crippen LogP contribution in [0.4, 0.5) is 0 Å². The van der Waals surface area contributed by atoms with Gasteiger partial charge in [-0.1, -0.05) is 0 Å². The Balaban J connectivity index is 1.19. The molecule has 10 aliphatic heterocycles. The zero-order valence-corrected chi connectivity index (χ0v) is 23.0. The van der Waals surface area contributed by atoms with E-state index < -0.39 is 13.7 Å². The second-order valence-electron chi connectivity index (χ2n) is 17.8. The van der Waals surface area contributed by atoms with Crippen molar-refractivity contribution < 1.29 is 11.1 Å². The van der Waals surface area contributed by atoms with Gasteiger partial charge in [0.1, 0.15) is 0 Å². The van der Waals surface area contributed by atoms with Gasteiger partial charge in [-0.15, -0.1) is 0 Å². The van der Waals surface area contributed by atoms with Crippen molar-refractivity contribution >= 4 is 7.14 Å². The summed E-state index contributed by atoms with van der Waals surface area (Å²) in [5, 5.41) is -0.0709. The zero-order chi connectivity index (χ0) is 22.2. The Kier molecular flexibility index (Phi) is 1.19. The van der Waals surface area contributed by atoms with Crippen molar-refractivity contribution in [2.45, 2.75) is 131 Å². The number of hydrogen-bond donors (Lipinski definition) is 0. The minimum atomic E-state index is -3.89. The molecule has 10 saturated heterocycles. The van der Waals surface area contributed by atoms with Crippen molar-refractivity contribution in [3.63, 3.8) is 0 Å². The molecule has 176 valence electrons. The van der Waals surface area contributed by atoms with E-state index in [1.54, 1.807) is 5.56 Å². The molecule has 0 saturated carbocycles. The molecule has 5 unspecified atom stereocenters.